The molecule has 1 atom stereocenters. The number of rotatable bonds is 7. The molecular weight excluding hydrogens is 442 g/mol. The van der Waals surface area contributed by atoms with Crippen molar-refractivity contribution in [3.05, 3.63) is 41.8 Å². The summed E-state index contributed by atoms with van der Waals surface area (Å²) >= 11 is 0. The summed E-state index contributed by atoms with van der Waals surface area (Å²) in [7, 11) is -3.47. The second kappa shape index (κ2) is 10.3. The Morgan fingerprint density at radius 3 is 2.33 bits per heavy atom. The minimum absolute atomic E-state index is 0.0952. The summed E-state index contributed by atoms with van der Waals surface area (Å²) in [6.07, 6.45) is 2.88. The Labute approximate surface area is 195 Å². The van der Waals surface area contributed by atoms with Crippen LogP contribution in [-0.2, 0) is 21.4 Å². The number of carbonyl (C=O) groups is 1. The van der Waals surface area contributed by atoms with Crippen molar-refractivity contribution in [2.24, 2.45) is 0 Å². The highest BCUT2D eigenvalue weighted by molar-refractivity contribution is 7.89. The molecule has 0 aliphatic carbocycles. The SMILES string of the molecule is Cc1cc(CN2CCN(C(C)C(=O)Nc3ccc(S(=O)(=O)N4CCCCC4)cc3)CC2)no1. The Bertz CT molecular complexity index is 1040. The third-order valence-electron chi connectivity index (χ3n) is 6.47. The molecule has 10 heteroatoms. The summed E-state index contributed by atoms with van der Waals surface area (Å²) in [4.78, 5) is 17.5. The molecule has 9 nitrogen and oxygen atoms in total. The van der Waals surface area contributed by atoms with Gasteiger partial charge in [0.1, 0.15) is 5.76 Å². The van der Waals surface area contributed by atoms with Gasteiger partial charge in [-0.25, -0.2) is 8.42 Å². The van der Waals surface area contributed by atoms with Crippen molar-refractivity contribution < 1.29 is 17.7 Å². The maximum Gasteiger partial charge on any atom is 0.243 e. The van der Waals surface area contributed by atoms with Gasteiger partial charge in [0.25, 0.3) is 0 Å². The van der Waals surface area contributed by atoms with Crippen LogP contribution < -0.4 is 5.32 Å². The van der Waals surface area contributed by atoms with Crippen LogP contribution in [0.5, 0.6) is 0 Å². The van der Waals surface area contributed by atoms with Crippen molar-refractivity contribution in [3.63, 3.8) is 0 Å². The summed E-state index contributed by atoms with van der Waals surface area (Å²) in [6, 6.07) is 8.16. The summed E-state index contributed by atoms with van der Waals surface area (Å²) in [5.41, 5.74) is 1.53. The number of anilines is 1. The molecule has 0 saturated carbocycles. The number of nitrogens with zero attached hydrogens (tertiary/aromatic N) is 4. The van der Waals surface area contributed by atoms with Crippen LogP contribution in [0.2, 0.25) is 0 Å². The van der Waals surface area contributed by atoms with Gasteiger partial charge < -0.3 is 9.84 Å². The van der Waals surface area contributed by atoms with Gasteiger partial charge in [0.15, 0.2) is 0 Å². The molecule has 2 fully saturated rings. The van der Waals surface area contributed by atoms with Crippen molar-refractivity contribution >= 4 is 21.6 Å². The minimum atomic E-state index is -3.47. The number of piperazine rings is 1. The van der Waals surface area contributed by atoms with E-state index >= 15 is 0 Å². The first-order chi connectivity index (χ1) is 15.8. The standard InChI is InChI=1S/C23H33N5O4S/c1-18-16-21(25-32-18)17-26-12-14-27(15-13-26)19(2)23(29)24-20-6-8-22(9-7-20)33(30,31)28-10-4-3-5-11-28/h6-9,16,19H,3-5,10-15,17H2,1-2H3,(H,24,29). The van der Waals surface area contributed by atoms with E-state index in [4.69, 9.17) is 4.52 Å². The van der Waals surface area contributed by atoms with Crippen molar-refractivity contribution in [1.29, 1.82) is 0 Å². The van der Waals surface area contributed by atoms with E-state index in [0.29, 0.717) is 18.8 Å². The van der Waals surface area contributed by atoms with Crippen LogP contribution in [-0.4, -0.2) is 78.9 Å². The molecule has 1 aromatic heterocycles. The van der Waals surface area contributed by atoms with E-state index in [2.05, 4.69) is 20.3 Å². The van der Waals surface area contributed by atoms with E-state index < -0.39 is 10.0 Å². The molecule has 1 aromatic carbocycles. The van der Waals surface area contributed by atoms with Gasteiger partial charge in [0, 0.05) is 57.6 Å². The van der Waals surface area contributed by atoms with Gasteiger partial charge in [-0.1, -0.05) is 11.6 Å². The number of hydrogen-bond acceptors (Lipinski definition) is 7. The Kier molecular flexibility index (Phi) is 7.48. The molecule has 1 amide bonds. The Balaban J connectivity index is 1.28. The van der Waals surface area contributed by atoms with E-state index in [1.807, 2.05) is 19.9 Å². The zero-order valence-corrected chi connectivity index (χ0v) is 20.2. The molecule has 0 spiro atoms. The van der Waals surface area contributed by atoms with Crippen molar-refractivity contribution in [2.75, 3.05) is 44.6 Å². The first-order valence-electron chi connectivity index (χ1n) is 11.6. The summed E-state index contributed by atoms with van der Waals surface area (Å²) in [5, 5.41) is 6.98. The third-order valence-corrected chi connectivity index (χ3v) is 8.38. The van der Waals surface area contributed by atoms with E-state index in [0.717, 1.165) is 63.4 Å². The smallest absolute Gasteiger partial charge is 0.243 e. The molecule has 33 heavy (non-hydrogen) atoms. The fourth-order valence-electron chi connectivity index (χ4n) is 4.41. The van der Waals surface area contributed by atoms with E-state index in [9.17, 15) is 13.2 Å². The van der Waals surface area contributed by atoms with Gasteiger partial charge >= 0.3 is 0 Å². The number of amides is 1. The topological polar surface area (TPSA) is 99.0 Å². The molecule has 0 bridgehead atoms. The van der Waals surface area contributed by atoms with Crippen LogP contribution in [0.3, 0.4) is 0 Å². The van der Waals surface area contributed by atoms with Gasteiger partial charge in [-0.15, -0.1) is 0 Å². The lowest BCUT2D eigenvalue weighted by atomic mass is 10.2. The molecule has 3 heterocycles. The second-order valence-corrected chi connectivity index (χ2v) is 10.8. The summed E-state index contributed by atoms with van der Waals surface area (Å²) in [5.74, 6) is 0.716. The molecule has 0 radical (unpaired) electrons. The number of carbonyl (C=O) groups excluding carboxylic acids is 1. The van der Waals surface area contributed by atoms with E-state index in [1.165, 1.54) is 0 Å². The van der Waals surface area contributed by atoms with Crippen LogP contribution in [0.4, 0.5) is 5.69 Å². The molecule has 4 rings (SSSR count). The van der Waals surface area contributed by atoms with Crippen molar-refractivity contribution in [2.45, 2.75) is 50.6 Å². The highest BCUT2D eigenvalue weighted by Crippen LogP contribution is 2.22. The van der Waals surface area contributed by atoms with Gasteiger partial charge in [-0.2, -0.15) is 4.31 Å². The van der Waals surface area contributed by atoms with E-state index in [1.54, 1.807) is 28.6 Å². The molecule has 1 unspecified atom stereocenters. The summed E-state index contributed by atoms with van der Waals surface area (Å²) in [6.45, 7) is 8.97. The van der Waals surface area contributed by atoms with Crippen molar-refractivity contribution in [3.8, 4) is 0 Å². The predicted octanol–water partition coefficient (Wildman–Crippen LogP) is 2.30. The number of piperidine rings is 1. The minimum Gasteiger partial charge on any atom is -0.361 e. The number of aryl methyl sites for hydroxylation is 1. The molecule has 2 saturated heterocycles. The van der Waals surface area contributed by atoms with Crippen molar-refractivity contribution in [1.82, 2.24) is 19.3 Å². The molecular formula is C23H33N5O4S. The second-order valence-electron chi connectivity index (χ2n) is 8.90. The largest absolute Gasteiger partial charge is 0.361 e. The molecule has 2 aromatic rings. The van der Waals surface area contributed by atoms with Gasteiger partial charge in [-0.3, -0.25) is 14.6 Å². The monoisotopic (exact) mass is 475 g/mol. The number of nitrogens with one attached hydrogen (secondary N) is 1. The number of aromatic nitrogens is 1. The maximum absolute atomic E-state index is 12.8. The van der Waals surface area contributed by atoms with Crippen LogP contribution in [0.25, 0.3) is 0 Å². The Hall–Kier alpha value is -2.27. The van der Waals surface area contributed by atoms with Gasteiger partial charge in [0.2, 0.25) is 15.9 Å². The van der Waals surface area contributed by atoms with Crippen LogP contribution in [0, 0.1) is 6.92 Å². The highest BCUT2D eigenvalue weighted by atomic mass is 32.2. The molecule has 2 aliphatic heterocycles. The summed E-state index contributed by atoms with van der Waals surface area (Å²) < 4.78 is 32.3. The fraction of sp³-hybridized carbons (Fsp3) is 0.565. The predicted molar refractivity (Wildman–Crippen MR) is 125 cm³/mol. The quantitative estimate of drug-likeness (QED) is 0.656. The zero-order chi connectivity index (χ0) is 23.4. The third kappa shape index (κ3) is 5.81. The van der Waals surface area contributed by atoms with Crippen LogP contribution in [0.15, 0.2) is 39.8 Å². The highest BCUT2D eigenvalue weighted by Gasteiger charge is 2.27. The van der Waals surface area contributed by atoms with Crippen LogP contribution >= 0.6 is 0 Å². The zero-order valence-electron chi connectivity index (χ0n) is 19.4. The van der Waals surface area contributed by atoms with E-state index in [-0.39, 0.29) is 16.8 Å². The normalized spacial score (nSPS) is 19.9. The Morgan fingerprint density at radius 1 is 1.06 bits per heavy atom. The fourth-order valence-corrected chi connectivity index (χ4v) is 5.92. The van der Waals surface area contributed by atoms with Gasteiger partial charge in [0.05, 0.1) is 16.6 Å². The molecule has 1 N–H and O–H groups in total. The first kappa shape index (κ1) is 23.9. The molecule has 2 aliphatic rings. The average molecular weight is 476 g/mol. The first-order valence-corrected chi connectivity index (χ1v) is 13.1. The number of benzene rings is 1. The number of sulfonamides is 1. The Morgan fingerprint density at radius 2 is 1.73 bits per heavy atom. The molecule has 180 valence electrons. The lowest BCUT2D eigenvalue weighted by Gasteiger charge is -2.37. The lowest BCUT2D eigenvalue weighted by Crippen LogP contribution is -2.52. The maximum atomic E-state index is 12.8. The van der Waals surface area contributed by atoms with Crippen LogP contribution in [0.1, 0.15) is 37.6 Å². The lowest BCUT2D eigenvalue weighted by molar-refractivity contribution is -0.121. The van der Waals surface area contributed by atoms with Gasteiger partial charge in [-0.05, 0) is 51.0 Å². The average Bonchev–Trinajstić information content (AvgIpc) is 3.24. The number of hydrogen-bond donors (Lipinski definition) is 1.